The zero-order valence-electron chi connectivity index (χ0n) is 19.3. The molecule has 2 saturated carbocycles. The number of nitrogens with one attached hydrogen (secondary N) is 1. The number of benzene rings is 1. The summed E-state index contributed by atoms with van der Waals surface area (Å²) in [6.07, 6.45) is 11.2. The lowest BCUT2D eigenvalue weighted by molar-refractivity contribution is -0.137. The number of carbonyl (C=O) groups excluding carboxylic acids is 2. The summed E-state index contributed by atoms with van der Waals surface area (Å²) in [5.74, 6) is 2.05. The van der Waals surface area contributed by atoms with E-state index < -0.39 is 0 Å². The first-order chi connectivity index (χ1) is 15.7. The molecule has 1 aromatic rings. The predicted molar refractivity (Wildman–Crippen MR) is 125 cm³/mol. The zero-order valence-corrected chi connectivity index (χ0v) is 19.3. The highest BCUT2D eigenvalue weighted by Gasteiger charge is 2.37. The van der Waals surface area contributed by atoms with Gasteiger partial charge in [0.05, 0.1) is 6.04 Å². The average Bonchev–Trinajstić information content (AvgIpc) is 3.37. The van der Waals surface area contributed by atoms with Crippen molar-refractivity contribution in [1.82, 2.24) is 15.1 Å². The molecule has 1 aliphatic heterocycles. The molecule has 1 aromatic carbocycles. The van der Waals surface area contributed by atoms with E-state index in [1.807, 2.05) is 35.2 Å². The number of para-hydroxylation sites is 1. The van der Waals surface area contributed by atoms with Crippen LogP contribution in [0.2, 0.25) is 0 Å². The van der Waals surface area contributed by atoms with E-state index >= 15 is 0 Å². The van der Waals surface area contributed by atoms with Crippen LogP contribution < -0.4 is 10.1 Å². The summed E-state index contributed by atoms with van der Waals surface area (Å²) in [5, 5.41) is 3.32. The third-order valence-corrected chi connectivity index (χ3v) is 7.57. The van der Waals surface area contributed by atoms with Crippen LogP contribution in [0, 0.1) is 11.8 Å². The highest BCUT2D eigenvalue weighted by molar-refractivity contribution is 5.82. The van der Waals surface area contributed by atoms with Gasteiger partial charge in [0.2, 0.25) is 5.91 Å². The van der Waals surface area contributed by atoms with Gasteiger partial charge in [-0.05, 0) is 49.7 Å². The number of rotatable bonds is 8. The van der Waals surface area contributed by atoms with Gasteiger partial charge in [-0.2, -0.15) is 0 Å². The second kappa shape index (κ2) is 11.7. The molecular weight excluding hydrogens is 402 g/mol. The van der Waals surface area contributed by atoms with Crippen LogP contribution in [0.15, 0.2) is 30.3 Å². The summed E-state index contributed by atoms with van der Waals surface area (Å²) < 4.78 is 5.64. The maximum atomic E-state index is 13.3. The normalized spacial score (nSPS) is 21.9. The monoisotopic (exact) mass is 441 g/mol. The van der Waals surface area contributed by atoms with Crippen LogP contribution in [0.5, 0.6) is 5.75 Å². The SMILES string of the molecule is O=C(NCC1CCCCC1)C(C1CCCC1)N1CCN(C(=O)COc2ccccc2)CC1. The van der Waals surface area contributed by atoms with E-state index in [1.165, 1.54) is 44.9 Å². The Kier molecular flexibility index (Phi) is 8.43. The molecule has 1 saturated heterocycles. The number of amides is 2. The fourth-order valence-electron chi connectivity index (χ4n) is 5.69. The van der Waals surface area contributed by atoms with Crippen molar-refractivity contribution in [3.05, 3.63) is 30.3 Å². The Hall–Kier alpha value is -2.08. The molecule has 176 valence electrons. The molecule has 3 aliphatic rings. The lowest BCUT2D eigenvalue weighted by Gasteiger charge is -2.41. The minimum absolute atomic E-state index is 0.0210. The van der Waals surface area contributed by atoms with E-state index in [2.05, 4.69) is 10.2 Å². The van der Waals surface area contributed by atoms with Crippen molar-refractivity contribution in [2.45, 2.75) is 63.8 Å². The van der Waals surface area contributed by atoms with Gasteiger partial charge in [0, 0.05) is 32.7 Å². The molecule has 0 spiro atoms. The molecule has 2 amide bonds. The van der Waals surface area contributed by atoms with Gasteiger partial charge in [0.25, 0.3) is 5.91 Å². The molecule has 1 heterocycles. The molecule has 6 heteroatoms. The number of carbonyl (C=O) groups is 2. The van der Waals surface area contributed by atoms with E-state index in [0.29, 0.717) is 24.9 Å². The largest absolute Gasteiger partial charge is 0.484 e. The minimum atomic E-state index is -0.0427. The fraction of sp³-hybridized carbons (Fsp3) is 0.692. The molecule has 6 nitrogen and oxygen atoms in total. The Bertz CT molecular complexity index is 721. The summed E-state index contributed by atoms with van der Waals surface area (Å²) in [7, 11) is 0. The number of ether oxygens (including phenoxy) is 1. The Balaban J connectivity index is 1.28. The van der Waals surface area contributed by atoms with Crippen LogP contribution in [-0.2, 0) is 9.59 Å². The molecule has 1 unspecified atom stereocenters. The average molecular weight is 442 g/mol. The molecule has 3 fully saturated rings. The topological polar surface area (TPSA) is 61.9 Å². The summed E-state index contributed by atoms with van der Waals surface area (Å²) in [6, 6.07) is 9.42. The van der Waals surface area contributed by atoms with Crippen LogP contribution in [0.1, 0.15) is 57.8 Å². The predicted octanol–water partition coefficient (Wildman–Crippen LogP) is 3.46. The van der Waals surface area contributed by atoms with Crippen LogP contribution >= 0.6 is 0 Å². The second-order valence-corrected chi connectivity index (χ2v) is 9.76. The van der Waals surface area contributed by atoms with Gasteiger partial charge in [-0.1, -0.05) is 50.3 Å². The Labute approximate surface area is 192 Å². The van der Waals surface area contributed by atoms with E-state index in [9.17, 15) is 9.59 Å². The highest BCUT2D eigenvalue weighted by Crippen LogP contribution is 2.31. The van der Waals surface area contributed by atoms with Crippen LogP contribution in [0.25, 0.3) is 0 Å². The molecule has 2 aliphatic carbocycles. The Morgan fingerprint density at radius 2 is 1.56 bits per heavy atom. The summed E-state index contributed by atoms with van der Waals surface area (Å²) in [5.41, 5.74) is 0. The van der Waals surface area contributed by atoms with Crippen molar-refractivity contribution >= 4 is 11.8 Å². The maximum Gasteiger partial charge on any atom is 0.260 e. The first kappa shape index (κ1) is 23.1. The number of piperazine rings is 1. The molecule has 0 radical (unpaired) electrons. The van der Waals surface area contributed by atoms with Gasteiger partial charge >= 0.3 is 0 Å². The Morgan fingerprint density at radius 1 is 0.906 bits per heavy atom. The minimum Gasteiger partial charge on any atom is -0.484 e. The lowest BCUT2D eigenvalue weighted by Crippen LogP contribution is -2.58. The van der Waals surface area contributed by atoms with Crippen molar-refractivity contribution in [3.8, 4) is 5.75 Å². The molecule has 0 aromatic heterocycles. The third-order valence-electron chi connectivity index (χ3n) is 7.57. The van der Waals surface area contributed by atoms with Crippen molar-refractivity contribution in [2.75, 3.05) is 39.3 Å². The van der Waals surface area contributed by atoms with Crippen molar-refractivity contribution in [3.63, 3.8) is 0 Å². The Morgan fingerprint density at radius 3 is 2.25 bits per heavy atom. The van der Waals surface area contributed by atoms with E-state index in [0.717, 1.165) is 38.2 Å². The van der Waals surface area contributed by atoms with Crippen molar-refractivity contribution in [2.24, 2.45) is 11.8 Å². The summed E-state index contributed by atoms with van der Waals surface area (Å²) in [4.78, 5) is 30.1. The summed E-state index contributed by atoms with van der Waals surface area (Å²) >= 11 is 0. The van der Waals surface area contributed by atoms with Gasteiger partial charge in [-0.25, -0.2) is 0 Å². The van der Waals surface area contributed by atoms with Crippen LogP contribution in [0.3, 0.4) is 0 Å². The van der Waals surface area contributed by atoms with Gasteiger partial charge in [0.15, 0.2) is 6.61 Å². The van der Waals surface area contributed by atoms with Crippen LogP contribution in [0.4, 0.5) is 0 Å². The standard InChI is InChI=1S/C26H39N3O3/c30-24(20-32-23-13-5-2-6-14-23)28-15-17-29(18-16-28)25(22-11-7-8-12-22)26(31)27-19-21-9-3-1-4-10-21/h2,5-6,13-14,21-22,25H,1,3-4,7-12,15-20H2,(H,27,31). The van der Waals surface area contributed by atoms with Crippen molar-refractivity contribution in [1.29, 1.82) is 0 Å². The van der Waals surface area contributed by atoms with E-state index in [-0.39, 0.29) is 24.5 Å². The second-order valence-electron chi connectivity index (χ2n) is 9.76. The fourth-order valence-corrected chi connectivity index (χ4v) is 5.69. The quantitative estimate of drug-likeness (QED) is 0.671. The van der Waals surface area contributed by atoms with Gasteiger partial charge in [-0.3, -0.25) is 14.5 Å². The van der Waals surface area contributed by atoms with Gasteiger partial charge < -0.3 is 15.0 Å². The van der Waals surface area contributed by atoms with Gasteiger partial charge in [-0.15, -0.1) is 0 Å². The first-order valence-electron chi connectivity index (χ1n) is 12.7. The summed E-state index contributed by atoms with van der Waals surface area (Å²) in [6.45, 7) is 3.74. The molecule has 4 rings (SSSR count). The number of hydrogen-bond acceptors (Lipinski definition) is 4. The number of hydrogen-bond donors (Lipinski definition) is 1. The highest BCUT2D eigenvalue weighted by atomic mass is 16.5. The molecule has 1 N–H and O–H groups in total. The molecule has 32 heavy (non-hydrogen) atoms. The lowest BCUT2D eigenvalue weighted by atomic mass is 9.89. The van der Waals surface area contributed by atoms with Crippen molar-refractivity contribution < 1.29 is 14.3 Å². The zero-order chi connectivity index (χ0) is 22.2. The number of nitrogens with zero attached hydrogens (tertiary/aromatic N) is 2. The molecule has 1 atom stereocenters. The van der Waals surface area contributed by atoms with Crippen LogP contribution in [-0.4, -0.2) is 67.0 Å². The maximum absolute atomic E-state index is 13.3. The smallest absolute Gasteiger partial charge is 0.260 e. The first-order valence-corrected chi connectivity index (χ1v) is 12.7. The van der Waals surface area contributed by atoms with E-state index in [1.54, 1.807) is 0 Å². The molecular formula is C26H39N3O3. The van der Waals surface area contributed by atoms with E-state index in [4.69, 9.17) is 4.74 Å². The third kappa shape index (κ3) is 6.25. The van der Waals surface area contributed by atoms with Gasteiger partial charge in [0.1, 0.15) is 5.75 Å². The molecule has 0 bridgehead atoms.